The van der Waals surface area contributed by atoms with E-state index in [2.05, 4.69) is 10.3 Å². The van der Waals surface area contributed by atoms with E-state index >= 15 is 0 Å². The van der Waals surface area contributed by atoms with Crippen molar-refractivity contribution in [1.82, 2.24) is 14.9 Å². The standard InChI is InChI=1S/C14H23N3O2/c18-9-6-13(12-4-2-1-3-5-12)16-14(19)10-17-8-7-15-11-17/h7-8,11-13,18H,1-6,9-10H2,(H,16,19). The molecule has 19 heavy (non-hydrogen) atoms. The summed E-state index contributed by atoms with van der Waals surface area (Å²) in [5.41, 5.74) is 0. The summed E-state index contributed by atoms with van der Waals surface area (Å²) < 4.78 is 1.76. The van der Waals surface area contributed by atoms with Crippen LogP contribution in [0.4, 0.5) is 0 Å². The summed E-state index contributed by atoms with van der Waals surface area (Å²) >= 11 is 0. The van der Waals surface area contributed by atoms with Crippen LogP contribution in [0.25, 0.3) is 0 Å². The lowest BCUT2D eigenvalue weighted by Crippen LogP contribution is -2.43. The molecule has 1 unspecified atom stereocenters. The number of aliphatic hydroxyl groups excluding tert-OH is 1. The average Bonchev–Trinajstić information content (AvgIpc) is 2.92. The number of rotatable bonds is 6. The van der Waals surface area contributed by atoms with Crippen molar-refractivity contribution in [3.8, 4) is 0 Å². The molecule has 2 N–H and O–H groups in total. The molecule has 1 aromatic heterocycles. The molecule has 1 aromatic rings. The van der Waals surface area contributed by atoms with Gasteiger partial charge in [0.15, 0.2) is 0 Å². The maximum Gasteiger partial charge on any atom is 0.240 e. The molecular weight excluding hydrogens is 242 g/mol. The van der Waals surface area contributed by atoms with Crippen LogP contribution < -0.4 is 5.32 Å². The van der Waals surface area contributed by atoms with Gasteiger partial charge in [0.05, 0.1) is 6.33 Å². The van der Waals surface area contributed by atoms with Crippen LogP contribution in [0.1, 0.15) is 38.5 Å². The van der Waals surface area contributed by atoms with Crippen molar-refractivity contribution >= 4 is 5.91 Å². The second-order valence-corrected chi connectivity index (χ2v) is 5.32. The predicted molar refractivity (Wildman–Crippen MR) is 72.4 cm³/mol. The van der Waals surface area contributed by atoms with Crippen LogP contribution in [0.3, 0.4) is 0 Å². The van der Waals surface area contributed by atoms with Gasteiger partial charge in [-0.3, -0.25) is 4.79 Å². The smallest absolute Gasteiger partial charge is 0.240 e. The first-order valence-electron chi connectivity index (χ1n) is 7.15. The Morgan fingerprint density at radius 3 is 2.84 bits per heavy atom. The number of hydrogen-bond donors (Lipinski definition) is 2. The van der Waals surface area contributed by atoms with Crippen LogP contribution in [-0.4, -0.2) is 33.2 Å². The van der Waals surface area contributed by atoms with Crippen molar-refractivity contribution < 1.29 is 9.90 Å². The van der Waals surface area contributed by atoms with Crippen molar-refractivity contribution in [2.24, 2.45) is 5.92 Å². The number of hydrogen-bond acceptors (Lipinski definition) is 3. The molecule has 0 aromatic carbocycles. The minimum absolute atomic E-state index is 0.00187. The van der Waals surface area contributed by atoms with Crippen LogP contribution in [0.2, 0.25) is 0 Å². The van der Waals surface area contributed by atoms with E-state index in [0.717, 1.165) is 12.8 Å². The molecule has 1 aliphatic rings. The summed E-state index contributed by atoms with van der Waals surface area (Å²) in [5.74, 6) is 0.523. The van der Waals surface area contributed by atoms with E-state index in [9.17, 15) is 9.90 Å². The molecule has 2 rings (SSSR count). The Morgan fingerprint density at radius 1 is 1.42 bits per heavy atom. The molecule has 1 heterocycles. The van der Waals surface area contributed by atoms with Gasteiger partial charge in [-0.1, -0.05) is 19.3 Å². The van der Waals surface area contributed by atoms with Crippen LogP contribution in [0, 0.1) is 5.92 Å². The summed E-state index contributed by atoms with van der Waals surface area (Å²) in [5, 5.41) is 12.2. The molecule has 1 atom stereocenters. The first-order chi connectivity index (χ1) is 9.29. The largest absolute Gasteiger partial charge is 0.396 e. The van der Waals surface area contributed by atoms with E-state index in [0.29, 0.717) is 18.9 Å². The van der Waals surface area contributed by atoms with Crippen LogP contribution >= 0.6 is 0 Å². The lowest BCUT2D eigenvalue weighted by atomic mass is 9.82. The van der Waals surface area contributed by atoms with Gasteiger partial charge in [0.25, 0.3) is 0 Å². The lowest BCUT2D eigenvalue weighted by molar-refractivity contribution is -0.123. The fraction of sp³-hybridized carbons (Fsp3) is 0.714. The fourth-order valence-electron chi connectivity index (χ4n) is 2.90. The molecule has 0 spiro atoms. The minimum atomic E-state index is 0.00187. The molecule has 1 aliphatic carbocycles. The second kappa shape index (κ2) is 7.28. The van der Waals surface area contributed by atoms with Gasteiger partial charge in [-0.2, -0.15) is 0 Å². The summed E-state index contributed by atoms with van der Waals surface area (Å²) in [6.07, 6.45) is 11.8. The van der Waals surface area contributed by atoms with Crippen LogP contribution in [0.15, 0.2) is 18.7 Å². The monoisotopic (exact) mass is 265 g/mol. The number of amides is 1. The van der Waals surface area contributed by atoms with Gasteiger partial charge in [-0.25, -0.2) is 4.98 Å². The Morgan fingerprint density at radius 2 is 2.21 bits per heavy atom. The Kier molecular flexibility index (Phi) is 5.39. The number of imidazole rings is 1. The van der Waals surface area contributed by atoms with Gasteiger partial charge in [0.2, 0.25) is 5.91 Å². The van der Waals surface area contributed by atoms with Gasteiger partial charge < -0.3 is 15.0 Å². The van der Waals surface area contributed by atoms with Crippen molar-refractivity contribution in [2.45, 2.75) is 51.1 Å². The van der Waals surface area contributed by atoms with E-state index in [1.54, 1.807) is 23.3 Å². The molecule has 106 valence electrons. The third-order valence-corrected chi connectivity index (χ3v) is 3.89. The second-order valence-electron chi connectivity index (χ2n) is 5.32. The van der Waals surface area contributed by atoms with E-state index in [1.165, 1.54) is 19.3 Å². The number of nitrogens with one attached hydrogen (secondary N) is 1. The number of aliphatic hydroxyl groups is 1. The number of nitrogens with zero attached hydrogens (tertiary/aromatic N) is 2. The summed E-state index contributed by atoms with van der Waals surface area (Å²) in [6, 6.07) is 0.112. The first kappa shape index (κ1) is 14.1. The molecule has 1 amide bonds. The van der Waals surface area contributed by atoms with Crippen molar-refractivity contribution in [1.29, 1.82) is 0 Å². The number of carbonyl (C=O) groups excluding carboxylic acids is 1. The average molecular weight is 265 g/mol. The molecule has 0 aliphatic heterocycles. The normalized spacial score (nSPS) is 18.2. The summed E-state index contributed by atoms with van der Waals surface area (Å²) in [4.78, 5) is 15.9. The van der Waals surface area contributed by atoms with Gasteiger partial charge in [-0.05, 0) is 25.2 Å². The highest BCUT2D eigenvalue weighted by atomic mass is 16.3. The molecule has 1 fully saturated rings. The molecule has 0 bridgehead atoms. The number of aromatic nitrogens is 2. The molecule has 5 nitrogen and oxygen atoms in total. The highest BCUT2D eigenvalue weighted by Crippen LogP contribution is 2.27. The Balaban J connectivity index is 1.86. The van der Waals surface area contributed by atoms with Crippen molar-refractivity contribution in [2.75, 3.05) is 6.61 Å². The fourth-order valence-corrected chi connectivity index (χ4v) is 2.90. The topological polar surface area (TPSA) is 67.2 Å². The number of carbonyl (C=O) groups is 1. The Bertz CT molecular complexity index is 372. The molecular formula is C14H23N3O2. The Hall–Kier alpha value is -1.36. The molecule has 0 radical (unpaired) electrons. The third kappa shape index (κ3) is 4.35. The molecule has 1 saturated carbocycles. The Labute approximate surface area is 114 Å². The third-order valence-electron chi connectivity index (χ3n) is 3.89. The minimum Gasteiger partial charge on any atom is -0.396 e. The quantitative estimate of drug-likeness (QED) is 0.815. The lowest BCUT2D eigenvalue weighted by Gasteiger charge is -2.30. The summed E-state index contributed by atoms with van der Waals surface area (Å²) in [6.45, 7) is 0.432. The van der Waals surface area contributed by atoms with Gasteiger partial charge in [0, 0.05) is 25.0 Å². The van der Waals surface area contributed by atoms with Crippen LogP contribution in [-0.2, 0) is 11.3 Å². The first-order valence-corrected chi connectivity index (χ1v) is 7.15. The van der Waals surface area contributed by atoms with Gasteiger partial charge in [-0.15, -0.1) is 0 Å². The SMILES string of the molecule is O=C(Cn1ccnc1)NC(CCO)C1CCCCC1. The predicted octanol–water partition coefficient (Wildman–Crippen LogP) is 1.33. The van der Waals surface area contributed by atoms with Gasteiger partial charge in [0.1, 0.15) is 6.54 Å². The van der Waals surface area contributed by atoms with Crippen molar-refractivity contribution in [3.05, 3.63) is 18.7 Å². The zero-order valence-corrected chi connectivity index (χ0v) is 11.3. The molecule has 5 heteroatoms. The van der Waals surface area contributed by atoms with E-state index in [4.69, 9.17) is 0 Å². The maximum absolute atomic E-state index is 12.0. The summed E-state index contributed by atoms with van der Waals surface area (Å²) in [7, 11) is 0. The van der Waals surface area contributed by atoms with E-state index in [1.807, 2.05) is 0 Å². The van der Waals surface area contributed by atoms with Crippen molar-refractivity contribution in [3.63, 3.8) is 0 Å². The maximum atomic E-state index is 12.0. The van der Waals surface area contributed by atoms with Gasteiger partial charge >= 0.3 is 0 Å². The zero-order valence-electron chi connectivity index (χ0n) is 11.3. The van der Waals surface area contributed by atoms with E-state index < -0.39 is 0 Å². The highest BCUT2D eigenvalue weighted by molar-refractivity contribution is 5.76. The van der Waals surface area contributed by atoms with E-state index in [-0.39, 0.29) is 18.6 Å². The highest BCUT2D eigenvalue weighted by Gasteiger charge is 2.24. The zero-order chi connectivity index (χ0) is 13.5. The van der Waals surface area contributed by atoms with Crippen LogP contribution in [0.5, 0.6) is 0 Å². The molecule has 0 saturated heterocycles.